The van der Waals surface area contributed by atoms with Crippen LogP contribution >= 0.6 is 15.9 Å². The number of ether oxygens (including phenoxy) is 1. The molecule has 0 spiro atoms. The van der Waals surface area contributed by atoms with Crippen LogP contribution in [0.4, 0.5) is 10.7 Å². The quantitative estimate of drug-likeness (QED) is 0.447. The summed E-state index contributed by atoms with van der Waals surface area (Å²) >= 11 is 3.37. The topological polar surface area (TPSA) is 113 Å². The number of carbonyl (C=O) groups excluding carboxylic acids is 1. The molecule has 28 heavy (non-hydrogen) atoms. The third-order valence-corrected chi connectivity index (χ3v) is 4.44. The van der Waals surface area contributed by atoms with Crippen LogP contribution in [-0.2, 0) is 11.3 Å². The fraction of sp³-hybridized carbons (Fsp3) is 0.0526. The number of aromatic amines is 2. The van der Waals surface area contributed by atoms with E-state index in [0.717, 1.165) is 15.6 Å². The van der Waals surface area contributed by atoms with Crippen molar-refractivity contribution in [1.29, 1.82) is 0 Å². The Morgan fingerprint density at radius 2 is 1.79 bits per heavy atom. The molecule has 2 aromatic heterocycles. The fourth-order valence-electron chi connectivity index (χ4n) is 2.57. The molecule has 4 rings (SSSR count). The number of H-pyrrole nitrogens is 2. The van der Waals surface area contributed by atoms with Crippen molar-refractivity contribution in [1.82, 2.24) is 19.9 Å². The summed E-state index contributed by atoms with van der Waals surface area (Å²) in [6.07, 6.45) is -0.727. The van der Waals surface area contributed by atoms with Gasteiger partial charge in [0.05, 0.1) is 0 Å². The zero-order valence-electron chi connectivity index (χ0n) is 14.4. The number of halogens is 1. The summed E-state index contributed by atoms with van der Waals surface area (Å²) in [5, 5.41) is 2.41. The number of carbonyl (C=O) groups is 1. The molecular formula is C19H14BrN5O3. The van der Waals surface area contributed by atoms with Gasteiger partial charge in [-0.15, -0.1) is 0 Å². The third-order valence-electron chi connectivity index (χ3n) is 3.91. The molecule has 0 aliphatic rings. The number of nitrogens with zero attached hydrogens (tertiary/aromatic N) is 2. The first-order valence-corrected chi connectivity index (χ1v) is 9.11. The molecule has 0 radical (unpaired) electrons. The summed E-state index contributed by atoms with van der Waals surface area (Å²) in [6, 6.07) is 16.7. The second-order valence-corrected chi connectivity index (χ2v) is 6.81. The minimum absolute atomic E-state index is 0.0376. The maximum Gasteiger partial charge on any atom is 0.414 e. The Bertz CT molecular complexity index is 1190. The van der Waals surface area contributed by atoms with Gasteiger partial charge in [-0.3, -0.25) is 15.1 Å². The van der Waals surface area contributed by atoms with E-state index in [2.05, 4.69) is 41.2 Å². The van der Waals surface area contributed by atoms with Crippen molar-refractivity contribution < 1.29 is 9.53 Å². The highest BCUT2D eigenvalue weighted by Gasteiger charge is 2.13. The summed E-state index contributed by atoms with van der Waals surface area (Å²) in [7, 11) is 0. The van der Waals surface area contributed by atoms with E-state index in [1.165, 1.54) is 0 Å². The van der Waals surface area contributed by atoms with E-state index in [1.807, 2.05) is 54.6 Å². The van der Waals surface area contributed by atoms with Crippen LogP contribution in [0.25, 0.3) is 22.6 Å². The lowest BCUT2D eigenvalue weighted by molar-refractivity contribution is 0.155. The second-order valence-electron chi connectivity index (χ2n) is 5.89. The van der Waals surface area contributed by atoms with Crippen molar-refractivity contribution in [3.05, 3.63) is 75.0 Å². The largest absolute Gasteiger partial charge is 0.444 e. The van der Waals surface area contributed by atoms with Crippen molar-refractivity contribution in [3.8, 4) is 11.4 Å². The van der Waals surface area contributed by atoms with Crippen molar-refractivity contribution in [2.75, 3.05) is 5.32 Å². The minimum atomic E-state index is -0.727. The highest BCUT2D eigenvalue weighted by Crippen LogP contribution is 2.20. The molecule has 0 bridgehead atoms. The lowest BCUT2D eigenvalue weighted by Gasteiger charge is -2.06. The lowest BCUT2D eigenvalue weighted by atomic mass is 10.2. The minimum Gasteiger partial charge on any atom is -0.444 e. The Morgan fingerprint density at radius 1 is 1.04 bits per heavy atom. The van der Waals surface area contributed by atoms with Gasteiger partial charge >= 0.3 is 6.09 Å². The van der Waals surface area contributed by atoms with Gasteiger partial charge < -0.3 is 9.72 Å². The Balaban J connectivity index is 1.52. The number of aromatic nitrogens is 4. The van der Waals surface area contributed by atoms with Gasteiger partial charge in [0.15, 0.2) is 11.2 Å². The Kier molecular flexibility index (Phi) is 4.90. The van der Waals surface area contributed by atoms with E-state index in [-0.39, 0.29) is 23.7 Å². The fourth-order valence-corrected chi connectivity index (χ4v) is 2.83. The summed E-state index contributed by atoms with van der Waals surface area (Å²) in [5.41, 5.74) is 1.62. The van der Waals surface area contributed by atoms with Crippen LogP contribution in [-0.4, -0.2) is 26.0 Å². The van der Waals surface area contributed by atoms with Crippen LogP contribution in [0.15, 0.2) is 63.9 Å². The molecule has 0 saturated heterocycles. The molecule has 2 heterocycles. The van der Waals surface area contributed by atoms with Gasteiger partial charge in [-0.2, -0.15) is 4.98 Å². The van der Waals surface area contributed by atoms with Gasteiger partial charge in [-0.25, -0.2) is 9.78 Å². The van der Waals surface area contributed by atoms with Crippen LogP contribution in [0.1, 0.15) is 5.56 Å². The number of nitrogens with one attached hydrogen (secondary N) is 3. The number of rotatable bonds is 4. The number of fused-ring (bicyclic) bond motifs is 1. The molecule has 4 aromatic rings. The number of amides is 1. The van der Waals surface area contributed by atoms with Gasteiger partial charge in [0.25, 0.3) is 5.56 Å². The second kappa shape index (κ2) is 7.65. The monoisotopic (exact) mass is 439 g/mol. The van der Waals surface area contributed by atoms with Crippen molar-refractivity contribution in [2.24, 2.45) is 0 Å². The third kappa shape index (κ3) is 3.94. The van der Waals surface area contributed by atoms with Crippen LogP contribution < -0.4 is 10.9 Å². The van der Waals surface area contributed by atoms with Gasteiger partial charge in [-0.1, -0.05) is 58.4 Å². The van der Waals surface area contributed by atoms with E-state index >= 15 is 0 Å². The molecule has 8 nitrogen and oxygen atoms in total. The maximum atomic E-state index is 12.3. The molecule has 3 N–H and O–H groups in total. The molecule has 2 aromatic carbocycles. The van der Waals surface area contributed by atoms with Gasteiger partial charge in [-0.05, 0) is 17.7 Å². The van der Waals surface area contributed by atoms with Crippen molar-refractivity contribution >= 4 is 39.1 Å². The maximum absolute atomic E-state index is 12.3. The molecule has 0 atom stereocenters. The van der Waals surface area contributed by atoms with Crippen LogP contribution in [0.2, 0.25) is 0 Å². The smallest absolute Gasteiger partial charge is 0.414 e. The number of hydrogen-bond donors (Lipinski definition) is 3. The highest BCUT2D eigenvalue weighted by molar-refractivity contribution is 9.10. The molecule has 140 valence electrons. The normalized spacial score (nSPS) is 10.8. The van der Waals surface area contributed by atoms with Crippen LogP contribution in [0.5, 0.6) is 0 Å². The molecule has 0 aliphatic heterocycles. The van der Waals surface area contributed by atoms with Crippen LogP contribution in [0.3, 0.4) is 0 Å². The average Bonchev–Trinajstić information content (AvgIpc) is 3.12. The summed E-state index contributed by atoms with van der Waals surface area (Å²) in [4.78, 5) is 38.2. The number of hydrogen-bond acceptors (Lipinski definition) is 5. The molecule has 0 saturated carbocycles. The van der Waals surface area contributed by atoms with E-state index < -0.39 is 11.7 Å². The molecule has 0 fully saturated rings. The van der Waals surface area contributed by atoms with Gasteiger partial charge in [0.2, 0.25) is 5.95 Å². The first-order chi connectivity index (χ1) is 13.6. The molecule has 0 aliphatic carbocycles. The Labute approximate surface area is 167 Å². The van der Waals surface area contributed by atoms with E-state index in [1.54, 1.807) is 0 Å². The van der Waals surface area contributed by atoms with Crippen LogP contribution in [0, 0.1) is 0 Å². The first-order valence-electron chi connectivity index (χ1n) is 8.32. The van der Waals surface area contributed by atoms with Gasteiger partial charge in [0.1, 0.15) is 12.4 Å². The first kappa shape index (κ1) is 17.9. The Morgan fingerprint density at radius 3 is 2.54 bits per heavy atom. The molecule has 9 heteroatoms. The summed E-state index contributed by atoms with van der Waals surface area (Å²) in [6.45, 7) is 0.106. The lowest BCUT2D eigenvalue weighted by Crippen LogP contribution is -2.19. The predicted molar refractivity (Wildman–Crippen MR) is 108 cm³/mol. The number of anilines is 1. The zero-order chi connectivity index (χ0) is 19.5. The zero-order valence-corrected chi connectivity index (χ0v) is 16.0. The summed E-state index contributed by atoms with van der Waals surface area (Å²) in [5.74, 6) is 0.466. The number of imidazole rings is 1. The van der Waals surface area contributed by atoms with Gasteiger partial charge in [0, 0.05) is 10.0 Å². The van der Waals surface area contributed by atoms with Crippen molar-refractivity contribution in [2.45, 2.75) is 6.61 Å². The SMILES string of the molecule is O=C(Nc1nc2nc(-c3ccc(Br)cc3)[nH]c2c(=O)[nH]1)OCc1ccccc1. The van der Waals surface area contributed by atoms with E-state index in [4.69, 9.17) is 4.74 Å². The molecular weight excluding hydrogens is 426 g/mol. The van der Waals surface area contributed by atoms with Crippen molar-refractivity contribution in [3.63, 3.8) is 0 Å². The number of benzene rings is 2. The summed E-state index contributed by atoms with van der Waals surface area (Å²) < 4.78 is 6.06. The molecule has 0 unspecified atom stereocenters. The predicted octanol–water partition coefficient (Wildman–Crippen LogP) is 3.82. The average molecular weight is 440 g/mol. The standard InChI is InChI=1S/C19H14BrN5O3/c20-13-8-6-12(7-9-13)15-21-14-16(22-15)23-18(24-17(14)26)25-19(27)28-10-11-4-2-1-3-5-11/h1-9H,10H2,(H3,21,22,23,24,25,26,27). The molecule has 1 amide bonds. The van der Waals surface area contributed by atoms with E-state index in [0.29, 0.717) is 5.82 Å². The highest BCUT2D eigenvalue weighted by atomic mass is 79.9. The Hall–Kier alpha value is -3.46. The van der Waals surface area contributed by atoms with E-state index in [9.17, 15) is 9.59 Å².